The summed E-state index contributed by atoms with van der Waals surface area (Å²) in [7, 11) is 0. The number of ether oxygens (including phenoxy) is 1. The Morgan fingerprint density at radius 3 is 2.65 bits per heavy atom. The predicted molar refractivity (Wildman–Crippen MR) is 116 cm³/mol. The summed E-state index contributed by atoms with van der Waals surface area (Å²) < 4.78 is 45.1. The van der Waals surface area contributed by atoms with E-state index in [2.05, 4.69) is 15.1 Å². The van der Waals surface area contributed by atoms with Crippen LogP contribution in [-0.4, -0.2) is 44.1 Å². The topological polar surface area (TPSA) is 89.7 Å². The third kappa shape index (κ3) is 4.59. The molecule has 34 heavy (non-hydrogen) atoms. The van der Waals surface area contributed by atoms with E-state index in [1.807, 2.05) is 31.2 Å². The fourth-order valence-electron chi connectivity index (χ4n) is 4.27. The number of anilines is 1. The van der Waals surface area contributed by atoms with Crippen molar-refractivity contribution in [2.24, 2.45) is 0 Å². The molecular formula is C23H24F3N5O3. The monoisotopic (exact) mass is 475 g/mol. The van der Waals surface area contributed by atoms with Crippen LogP contribution in [0.2, 0.25) is 0 Å². The Morgan fingerprint density at radius 1 is 1.18 bits per heavy atom. The zero-order valence-corrected chi connectivity index (χ0v) is 19.0. The molecule has 8 nitrogen and oxygen atoms in total. The summed E-state index contributed by atoms with van der Waals surface area (Å²) in [6, 6.07) is 7.65. The van der Waals surface area contributed by atoms with Crippen LogP contribution in [-0.2, 0) is 33.3 Å². The summed E-state index contributed by atoms with van der Waals surface area (Å²) in [6.07, 6.45) is -2.86. The van der Waals surface area contributed by atoms with Gasteiger partial charge in [-0.25, -0.2) is 9.50 Å². The average molecular weight is 475 g/mol. The molecule has 0 N–H and O–H groups in total. The van der Waals surface area contributed by atoms with Crippen LogP contribution in [0, 0.1) is 13.8 Å². The lowest BCUT2D eigenvalue weighted by molar-refractivity contribution is -0.148. The van der Waals surface area contributed by atoms with Gasteiger partial charge in [0.15, 0.2) is 6.61 Å². The standard InChI is InChI=1S/C23H24F3N5O3/c1-13-8-9-16-6-4-5-7-18(16)30(13)19(32)12-34-20(33)11-10-17-14(2)27-22-28-21(23(24,25)26)29-31(22)15(17)3/h4-7,13H,8-12H2,1-3H3. The molecule has 0 fully saturated rings. The Bertz CT molecular complexity index is 1250. The van der Waals surface area contributed by atoms with E-state index < -0.39 is 18.0 Å². The van der Waals surface area contributed by atoms with Crippen molar-refractivity contribution in [2.45, 2.75) is 58.7 Å². The molecule has 1 aromatic carbocycles. The van der Waals surface area contributed by atoms with Crippen LogP contribution in [0.15, 0.2) is 24.3 Å². The number of fused-ring (bicyclic) bond motifs is 2. The molecule has 0 aliphatic carbocycles. The number of aryl methyl sites for hydroxylation is 3. The quantitative estimate of drug-likeness (QED) is 0.524. The Morgan fingerprint density at radius 2 is 1.91 bits per heavy atom. The maximum absolute atomic E-state index is 12.9. The van der Waals surface area contributed by atoms with E-state index in [0.717, 1.165) is 28.6 Å². The molecule has 0 spiro atoms. The number of hydrogen-bond acceptors (Lipinski definition) is 6. The molecule has 11 heteroatoms. The molecule has 0 radical (unpaired) electrons. The second-order valence-electron chi connectivity index (χ2n) is 8.35. The summed E-state index contributed by atoms with van der Waals surface area (Å²) in [4.78, 5) is 34.4. The van der Waals surface area contributed by atoms with Crippen LogP contribution >= 0.6 is 0 Å². The minimum Gasteiger partial charge on any atom is -0.456 e. The molecule has 3 heterocycles. The van der Waals surface area contributed by atoms with Crippen molar-refractivity contribution in [3.05, 3.63) is 52.6 Å². The number of para-hydroxylation sites is 1. The van der Waals surface area contributed by atoms with Gasteiger partial charge < -0.3 is 9.64 Å². The second kappa shape index (κ2) is 9.03. The van der Waals surface area contributed by atoms with Crippen molar-refractivity contribution in [3.8, 4) is 0 Å². The number of halogens is 3. The molecule has 180 valence electrons. The Hall–Kier alpha value is -3.50. The van der Waals surface area contributed by atoms with Gasteiger partial charge in [-0.3, -0.25) is 9.59 Å². The number of carbonyl (C=O) groups excluding carboxylic acids is 2. The molecule has 2 aromatic heterocycles. The molecule has 3 aromatic rings. The van der Waals surface area contributed by atoms with Crippen molar-refractivity contribution < 1.29 is 27.5 Å². The van der Waals surface area contributed by atoms with Crippen LogP contribution in [0.1, 0.15) is 48.1 Å². The molecule has 0 saturated carbocycles. The van der Waals surface area contributed by atoms with Crippen LogP contribution < -0.4 is 4.90 Å². The highest BCUT2D eigenvalue weighted by molar-refractivity contribution is 5.96. The van der Waals surface area contributed by atoms with Gasteiger partial charge in [-0.05, 0) is 57.2 Å². The van der Waals surface area contributed by atoms with Gasteiger partial charge in [0.25, 0.3) is 17.5 Å². The molecular weight excluding hydrogens is 451 g/mol. The molecule has 1 aliphatic heterocycles. The Kier molecular flexibility index (Phi) is 6.28. The van der Waals surface area contributed by atoms with Crippen LogP contribution in [0.4, 0.5) is 18.9 Å². The molecule has 1 amide bonds. The maximum atomic E-state index is 12.9. The summed E-state index contributed by atoms with van der Waals surface area (Å²) in [6.45, 7) is 4.80. The zero-order valence-electron chi connectivity index (χ0n) is 19.0. The van der Waals surface area contributed by atoms with Crippen molar-refractivity contribution in [3.63, 3.8) is 0 Å². The summed E-state index contributed by atoms with van der Waals surface area (Å²) in [5, 5.41) is 3.50. The van der Waals surface area contributed by atoms with Gasteiger partial charge in [0.05, 0.1) is 0 Å². The maximum Gasteiger partial charge on any atom is 0.453 e. The number of alkyl halides is 3. The fourth-order valence-corrected chi connectivity index (χ4v) is 4.27. The first-order valence-electron chi connectivity index (χ1n) is 10.9. The zero-order chi connectivity index (χ0) is 24.6. The minimum absolute atomic E-state index is 0.00604. The average Bonchev–Trinajstić information content (AvgIpc) is 3.22. The lowest BCUT2D eigenvalue weighted by Crippen LogP contribution is -2.44. The molecule has 1 atom stereocenters. The predicted octanol–water partition coefficient (Wildman–Crippen LogP) is 3.60. The Balaban J connectivity index is 1.40. The number of nitrogens with zero attached hydrogens (tertiary/aromatic N) is 5. The summed E-state index contributed by atoms with van der Waals surface area (Å²) in [5.74, 6) is -2.31. The van der Waals surface area contributed by atoms with Gasteiger partial charge in [0.1, 0.15) is 0 Å². The largest absolute Gasteiger partial charge is 0.456 e. The van der Waals surface area contributed by atoms with Crippen LogP contribution in [0.5, 0.6) is 0 Å². The molecule has 1 aliphatic rings. The molecule has 4 rings (SSSR count). The third-order valence-corrected chi connectivity index (χ3v) is 6.03. The van der Waals surface area contributed by atoms with Crippen LogP contribution in [0.3, 0.4) is 0 Å². The third-order valence-electron chi connectivity index (χ3n) is 6.03. The van der Waals surface area contributed by atoms with Crippen molar-refractivity contribution in [1.29, 1.82) is 0 Å². The first-order chi connectivity index (χ1) is 16.1. The SMILES string of the molecule is Cc1nc2nc(C(F)(F)F)nn2c(C)c1CCC(=O)OCC(=O)N1c2ccccc2CCC1C. The van der Waals surface area contributed by atoms with Crippen molar-refractivity contribution in [1.82, 2.24) is 19.6 Å². The number of esters is 1. The van der Waals surface area contributed by atoms with E-state index in [4.69, 9.17) is 4.74 Å². The number of rotatable bonds is 5. The number of hydrogen-bond donors (Lipinski definition) is 0. The number of benzene rings is 1. The van der Waals surface area contributed by atoms with Gasteiger partial charge in [0.2, 0.25) is 0 Å². The van der Waals surface area contributed by atoms with E-state index in [1.54, 1.807) is 18.7 Å². The first-order valence-corrected chi connectivity index (χ1v) is 10.9. The number of aromatic nitrogens is 4. The second-order valence-corrected chi connectivity index (χ2v) is 8.35. The molecule has 0 bridgehead atoms. The van der Waals surface area contributed by atoms with Gasteiger partial charge in [-0.1, -0.05) is 18.2 Å². The first kappa shape index (κ1) is 23.7. The van der Waals surface area contributed by atoms with E-state index >= 15 is 0 Å². The number of carbonyl (C=O) groups is 2. The summed E-state index contributed by atoms with van der Waals surface area (Å²) in [5.41, 5.74) is 3.35. The summed E-state index contributed by atoms with van der Waals surface area (Å²) >= 11 is 0. The highest BCUT2D eigenvalue weighted by atomic mass is 19.4. The van der Waals surface area contributed by atoms with E-state index in [0.29, 0.717) is 17.0 Å². The minimum atomic E-state index is -4.68. The molecule has 0 saturated heterocycles. The number of amides is 1. The lowest BCUT2D eigenvalue weighted by atomic mass is 9.96. The highest BCUT2D eigenvalue weighted by Gasteiger charge is 2.37. The van der Waals surface area contributed by atoms with E-state index in [9.17, 15) is 22.8 Å². The van der Waals surface area contributed by atoms with E-state index in [1.165, 1.54) is 0 Å². The van der Waals surface area contributed by atoms with Crippen molar-refractivity contribution >= 4 is 23.3 Å². The smallest absolute Gasteiger partial charge is 0.453 e. The lowest BCUT2D eigenvalue weighted by Gasteiger charge is -2.35. The normalized spacial score (nSPS) is 15.9. The fraction of sp³-hybridized carbons (Fsp3) is 0.435. The Labute approximate surface area is 193 Å². The van der Waals surface area contributed by atoms with Crippen molar-refractivity contribution in [2.75, 3.05) is 11.5 Å². The molecule has 1 unspecified atom stereocenters. The van der Waals surface area contributed by atoms with Gasteiger partial charge >= 0.3 is 12.1 Å². The van der Waals surface area contributed by atoms with Gasteiger partial charge in [-0.15, -0.1) is 5.10 Å². The van der Waals surface area contributed by atoms with Gasteiger partial charge in [-0.2, -0.15) is 18.2 Å². The highest BCUT2D eigenvalue weighted by Crippen LogP contribution is 2.30. The van der Waals surface area contributed by atoms with Crippen LogP contribution in [0.25, 0.3) is 5.78 Å². The van der Waals surface area contributed by atoms with E-state index in [-0.39, 0.29) is 37.2 Å². The van der Waals surface area contributed by atoms with Gasteiger partial charge in [0, 0.05) is 29.5 Å².